The summed E-state index contributed by atoms with van der Waals surface area (Å²) in [5.74, 6) is 0. The van der Waals surface area contributed by atoms with Crippen LogP contribution in [0.2, 0.25) is 0 Å². The van der Waals surface area contributed by atoms with Crippen LogP contribution in [0.25, 0.3) is 4.96 Å². The van der Waals surface area contributed by atoms with Crippen molar-refractivity contribution in [2.24, 2.45) is 5.73 Å². The molecule has 0 aliphatic heterocycles. The summed E-state index contributed by atoms with van der Waals surface area (Å²) in [7, 11) is 0. The second kappa shape index (κ2) is 3.78. The number of nitrogens with two attached hydrogens (primary N) is 1. The molecule has 86 valence electrons. The number of nitrogens with zero attached hydrogens (tertiary/aromatic N) is 4. The van der Waals surface area contributed by atoms with Crippen molar-refractivity contribution in [1.82, 2.24) is 19.8 Å². The lowest BCUT2D eigenvalue weighted by molar-refractivity contribution is 0.293. The molecule has 1 fully saturated rings. The Kier molecular flexibility index (Phi) is 2.40. The van der Waals surface area contributed by atoms with Crippen LogP contribution in [0.1, 0.15) is 37.1 Å². The summed E-state index contributed by atoms with van der Waals surface area (Å²) in [5.41, 5.74) is 6.36. The van der Waals surface area contributed by atoms with E-state index in [0.29, 0.717) is 0 Å². The van der Waals surface area contributed by atoms with Gasteiger partial charge in [0.05, 0.1) is 0 Å². The maximum atomic E-state index is 6.40. The topological polar surface area (TPSA) is 69.1 Å². The van der Waals surface area contributed by atoms with Crippen LogP contribution in [0.3, 0.4) is 0 Å². The highest BCUT2D eigenvalue weighted by molar-refractivity contribution is 7.16. The molecule has 3 rings (SSSR count). The Morgan fingerprint density at radius 1 is 1.38 bits per heavy atom. The van der Waals surface area contributed by atoms with Gasteiger partial charge < -0.3 is 5.73 Å². The molecule has 1 aliphatic carbocycles. The molecule has 5 nitrogen and oxygen atoms in total. The van der Waals surface area contributed by atoms with E-state index in [1.807, 2.05) is 0 Å². The Balaban J connectivity index is 1.80. The van der Waals surface area contributed by atoms with Gasteiger partial charge in [-0.15, -0.1) is 10.2 Å². The van der Waals surface area contributed by atoms with Crippen LogP contribution < -0.4 is 5.73 Å². The van der Waals surface area contributed by atoms with E-state index in [1.165, 1.54) is 19.3 Å². The highest BCUT2D eigenvalue weighted by Gasteiger charge is 2.29. The molecule has 0 radical (unpaired) electrons. The van der Waals surface area contributed by atoms with E-state index in [1.54, 1.807) is 22.2 Å². The van der Waals surface area contributed by atoms with Gasteiger partial charge in [0.15, 0.2) is 0 Å². The fourth-order valence-electron chi connectivity index (χ4n) is 2.41. The predicted octanol–water partition coefficient (Wildman–Crippen LogP) is 1.39. The largest absolute Gasteiger partial charge is 0.325 e. The summed E-state index contributed by atoms with van der Waals surface area (Å²) in [5, 5.41) is 13.3. The zero-order valence-corrected chi connectivity index (χ0v) is 9.91. The van der Waals surface area contributed by atoms with Crippen LogP contribution in [-0.4, -0.2) is 25.4 Å². The summed E-state index contributed by atoms with van der Waals surface area (Å²) in [6, 6.07) is 0. The van der Waals surface area contributed by atoms with Crippen molar-refractivity contribution in [3.8, 4) is 0 Å². The number of fused-ring (bicyclic) bond motifs is 1. The van der Waals surface area contributed by atoms with Crippen molar-refractivity contribution in [2.45, 2.75) is 44.1 Å². The van der Waals surface area contributed by atoms with Crippen molar-refractivity contribution >= 4 is 16.3 Å². The number of hydrogen-bond acceptors (Lipinski definition) is 5. The molecule has 0 atom stereocenters. The van der Waals surface area contributed by atoms with E-state index in [9.17, 15) is 0 Å². The third kappa shape index (κ3) is 1.82. The number of hydrogen-bond donors (Lipinski definition) is 1. The molecule has 2 aromatic heterocycles. The fraction of sp³-hybridized carbons (Fsp3) is 0.700. The van der Waals surface area contributed by atoms with Gasteiger partial charge in [-0.3, -0.25) is 0 Å². The van der Waals surface area contributed by atoms with Crippen LogP contribution in [0, 0.1) is 0 Å². The molecule has 1 saturated carbocycles. The maximum Gasteiger partial charge on any atom is 0.234 e. The lowest BCUT2D eigenvalue weighted by Crippen LogP contribution is -2.43. The first-order valence-electron chi connectivity index (χ1n) is 5.70. The molecule has 0 aromatic carbocycles. The first kappa shape index (κ1) is 10.2. The summed E-state index contributed by atoms with van der Waals surface area (Å²) in [4.78, 5) is 0.856. The smallest absolute Gasteiger partial charge is 0.234 e. The minimum atomic E-state index is -0.0401. The van der Waals surface area contributed by atoms with Gasteiger partial charge in [0, 0.05) is 12.0 Å². The summed E-state index contributed by atoms with van der Waals surface area (Å²) in [6.45, 7) is 0. The Labute approximate surface area is 97.7 Å². The standard InChI is InChI=1S/C10H15N5S/c11-10(4-2-1-3-5-10)6-8-14-15-7-12-13-9(15)16-8/h7H,1-6,11H2. The first-order valence-corrected chi connectivity index (χ1v) is 6.51. The molecule has 16 heavy (non-hydrogen) atoms. The van der Waals surface area contributed by atoms with Crippen molar-refractivity contribution in [2.75, 3.05) is 0 Å². The zero-order valence-electron chi connectivity index (χ0n) is 9.09. The number of aromatic nitrogens is 4. The molecule has 0 amide bonds. The van der Waals surface area contributed by atoms with Crippen LogP contribution in [0.15, 0.2) is 6.33 Å². The van der Waals surface area contributed by atoms with Gasteiger partial charge in [0.1, 0.15) is 11.3 Å². The van der Waals surface area contributed by atoms with Crippen molar-refractivity contribution in [1.29, 1.82) is 0 Å². The van der Waals surface area contributed by atoms with Gasteiger partial charge >= 0.3 is 0 Å². The molecule has 0 spiro atoms. The van der Waals surface area contributed by atoms with E-state index in [2.05, 4.69) is 15.3 Å². The van der Waals surface area contributed by atoms with Gasteiger partial charge in [0.25, 0.3) is 0 Å². The van der Waals surface area contributed by atoms with Crippen LogP contribution in [0.5, 0.6) is 0 Å². The van der Waals surface area contributed by atoms with Crippen molar-refractivity contribution < 1.29 is 0 Å². The van der Waals surface area contributed by atoms with Gasteiger partial charge in [0.2, 0.25) is 4.96 Å². The zero-order chi connectivity index (χ0) is 11.0. The molecule has 0 unspecified atom stereocenters. The summed E-state index contributed by atoms with van der Waals surface area (Å²) < 4.78 is 1.73. The Morgan fingerprint density at radius 3 is 2.94 bits per heavy atom. The lowest BCUT2D eigenvalue weighted by atomic mass is 9.80. The maximum absolute atomic E-state index is 6.40. The normalized spacial score (nSPS) is 20.3. The van der Waals surface area contributed by atoms with Crippen molar-refractivity contribution in [3.05, 3.63) is 11.3 Å². The van der Waals surface area contributed by atoms with E-state index in [4.69, 9.17) is 5.73 Å². The van der Waals surface area contributed by atoms with E-state index in [0.717, 1.165) is 29.2 Å². The van der Waals surface area contributed by atoms with Gasteiger partial charge in [-0.05, 0) is 12.8 Å². The summed E-state index contributed by atoms with van der Waals surface area (Å²) in [6.07, 6.45) is 8.58. The number of rotatable bonds is 2. The molecule has 0 saturated heterocycles. The quantitative estimate of drug-likeness (QED) is 0.857. The molecule has 2 aromatic rings. The van der Waals surface area contributed by atoms with E-state index in [-0.39, 0.29) is 5.54 Å². The molecular weight excluding hydrogens is 222 g/mol. The van der Waals surface area contributed by atoms with Crippen LogP contribution in [0.4, 0.5) is 0 Å². The molecule has 6 heteroatoms. The van der Waals surface area contributed by atoms with Gasteiger partial charge in [-0.2, -0.15) is 9.61 Å². The average molecular weight is 237 g/mol. The monoisotopic (exact) mass is 237 g/mol. The SMILES string of the molecule is NC1(Cc2nn3cnnc3s2)CCCCC1. The highest BCUT2D eigenvalue weighted by atomic mass is 32.1. The highest BCUT2D eigenvalue weighted by Crippen LogP contribution is 2.30. The Hall–Kier alpha value is -1.01. The third-order valence-electron chi connectivity index (χ3n) is 3.28. The second-order valence-electron chi connectivity index (χ2n) is 4.65. The second-order valence-corrected chi connectivity index (χ2v) is 5.69. The third-order valence-corrected chi connectivity index (χ3v) is 4.19. The lowest BCUT2D eigenvalue weighted by Gasteiger charge is -2.32. The molecule has 1 aliphatic rings. The predicted molar refractivity (Wildman–Crippen MR) is 62.4 cm³/mol. The van der Waals surface area contributed by atoms with Crippen LogP contribution >= 0.6 is 11.3 Å². The molecule has 2 N–H and O–H groups in total. The fourth-order valence-corrected chi connectivity index (χ4v) is 3.37. The molecular formula is C10H15N5S. The minimum absolute atomic E-state index is 0.0401. The Morgan fingerprint density at radius 2 is 2.19 bits per heavy atom. The first-order chi connectivity index (χ1) is 7.75. The van der Waals surface area contributed by atoms with Gasteiger partial charge in [-0.25, -0.2) is 0 Å². The summed E-state index contributed by atoms with van der Waals surface area (Å²) >= 11 is 1.59. The average Bonchev–Trinajstić information content (AvgIpc) is 2.78. The Bertz CT molecular complexity index is 454. The van der Waals surface area contributed by atoms with E-state index >= 15 is 0 Å². The van der Waals surface area contributed by atoms with Crippen LogP contribution in [-0.2, 0) is 6.42 Å². The molecule has 0 bridgehead atoms. The minimum Gasteiger partial charge on any atom is -0.325 e. The van der Waals surface area contributed by atoms with Gasteiger partial charge in [-0.1, -0.05) is 30.6 Å². The molecule has 2 heterocycles. The van der Waals surface area contributed by atoms with E-state index < -0.39 is 0 Å². The van der Waals surface area contributed by atoms with Crippen molar-refractivity contribution in [3.63, 3.8) is 0 Å².